The summed E-state index contributed by atoms with van der Waals surface area (Å²) >= 11 is 0. The van der Waals surface area contributed by atoms with Crippen molar-refractivity contribution in [3.63, 3.8) is 0 Å². The van der Waals surface area contributed by atoms with Gasteiger partial charge >= 0.3 is 0 Å². The Labute approximate surface area is 113 Å². The lowest BCUT2D eigenvalue weighted by atomic mass is 9.87. The molecule has 1 heterocycles. The van der Waals surface area contributed by atoms with E-state index >= 15 is 0 Å². The van der Waals surface area contributed by atoms with Crippen LogP contribution < -0.4 is 5.32 Å². The molecule has 1 unspecified atom stereocenters. The second-order valence-corrected chi connectivity index (χ2v) is 5.23. The number of aromatic hydroxyl groups is 1. The minimum atomic E-state index is 0.194. The van der Waals surface area contributed by atoms with Gasteiger partial charge < -0.3 is 14.8 Å². The molecular formula is C16H19NO2. The van der Waals surface area contributed by atoms with E-state index < -0.39 is 0 Å². The molecule has 2 aromatic rings. The van der Waals surface area contributed by atoms with Gasteiger partial charge in [0.1, 0.15) is 11.5 Å². The van der Waals surface area contributed by atoms with E-state index in [2.05, 4.69) is 12.2 Å². The molecule has 2 atom stereocenters. The minimum absolute atomic E-state index is 0.194. The topological polar surface area (TPSA) is 45.4 Å². The van der Waals surface area contributed by atoms with Crippen LogP contribution in [0.15, 0.2) is 41.0 Å². The van der Waals surface area contributed by atoms with Crippen LogP contribution in [0.4, 0.5) is 0 Å². The number of aryl methyl sites for hydroxylation is 1. The fraction of sp³-hybridized carbons (Fsp3) is 0.375. The van der Waals surface area contributed by atoms with E-state index in [0.29, 0.717) is 11.8 Å². The standard InChI is InChI=1S/C16H19NO2/c1-11(16-6-3-9-19-16)17-15-5-2-4-12-10-13(18)7-8-14(12)15/h3,6-11,15,17-18H,2,4-5H2,1H3/t11-,15?/m0/s1. The van der Waals surface area contributed by atoms with Crippen molar-refractivity contribution in [2.75, 3.05) is 0 Å². The Hall–Kier alpha value is -1.74. The first-order valence-electron chi connectivity index (χ1n) is 6.85. The first-order chi connectivity index (χ1) is 9.24. The number of fused-ring (bicyclic) bond motifs is 1. The lowest BCUT2D eigenvalue weighted by Crippen LogP contribution is -2.27. The number of rotatable bonds is 3. The minimum Gasteiger partial charge on any atom is -0.508 e. The molecule has 3 heteroatoms. The first kappa shape index (κ1) is 12.3. The van der Waals surface area contributed by atoms with Gasteiger partial charge in [-0.2, -0.15) is 0 Å². The maximum absolute atomic E-state index is 9.57. The van der Waals surface area contributed by atoms with Gasteiger partial charge in [-0.25, -0.2) is 0 Å². The van der Waals surface area contributed by atoms with E-state index in [9.17, 15) is 5.11 Å². The molecule has 0 saturated heterocycles. The molecule has 1 aromatic heterocycles. The zero-order chi connectivity index (χ0) is 13.2. The third kappa shape index (κ3) is 2.51. The molecule has 0 radical (unpaired) electrons. The molecule has 1 aromatic carbocycles. The smallest absolute Gasteiger partial charge is 0.120 e. The summed E-state index contributed by atoms with van der Waals surface area (Å²) in [6, 6.07) is 10.1. The van der Waals surface area contributed by atoms with E-state index in [1.165, 1.54) is 11.1 Å². The molecule has 1 aliphatic rings. The zero-order valence-electron chi connectivity index (χ0n) is 11.1. The van der Waals surface area contributed by atoms with Crippen LogP contribution in [0.5, 0.6) is 5.75 Å². The van der Waals surface area contributed by atoms with Gasteiger partial charge in [-0.1, -0.05) is 6.07 Å². The average Bonchev–Trinajstić information content (AvgIpc) is 2.92. The van der Waals surface area contributed by atoms with Crippen LogP contribution in [0.1, 0.15) is 48.7 Å². The van der Waals surface area contributed by atoms with Gasteiger partial charge in [-0.05, 0) is 61.6 Å². The summed E-state index contributed by atoms with van der Waals surface area (Å²) in [7, 11) is 0. The molecule has 2 N–H and O–H groups in total. The van der Waals surface area contributed by atoms with Gasteiger partial charge in [0.2, 0.25) is 0 Å². The SMILES string of the molecule is C[C@H](NC1CCCc2cc(O)ccc21)c1ccco1. The van der Waals surface area contributed by atoms with Crippen molar-refractivity contribution in [3.8, 4) is 5.75 Å². The molecule has 0 spiro atoms. The fourth-order valence-corrected chi connectivity index (χ4v) is 2.90. The number of furan rings is 1. The van der Waals surface area contributed by atoms with Crippen molar-refractivity contribution < 1.29 is 9.52 Å². The third-order valence-electron chi connectivity index (χ3n) is 3.86. The first-order valence-corrected chi connectivity index (χ1v) is 6.85. The van der Waals surface area contributed by atoms with Crippen molar-refractivity contribution >= 4 is 0 Å². The van der Waals surface area contributed by atoms with Crippen molar-refractivity contribution in [2.45, 2.75) is 38.3 Å². The maximum atomic E-state index is 9.57. The Bertz CT molecular complexity index is 548. The van der Waals surface area contributed by atoms with Crippen molar-refractivity contribution in [1.82, 2.24) is 5.32 Å². The average molecular weight is 257 g/mol. The molecule has 0 aliphatic heterocycles. The molecule has 0 saturated carbocycles. The van der Waals surface area contributed by atoms with Crippen molar-refractivity contribution in [2.24, 2.45) is 0 Å². The molecule has 3 nitrogen and oxygen atoms in total. The Morgan fingerprint density at radius 2 is 2.26 bits per heavy atom. The molecule has 19 heavy (non-hydrogen) atoms. The molecule has 0 fully saturated rings. The second kappa shape index (κ2) is 5.10. The number of hydrogen-bond donors (Lipinski definition) is 2. The summed E-state index contributed by atoms with van der Waals surface area (Å²) < 4.78 is 5.44. The number of phenolic OH excluding ortho intramolecular Hbond substituents is 1. The van der Waals surface area contributed by atoms with Crippen LogP contribution in [0.2, 0.25) is 0 Å². The number of hydrogen-bond acceptors (Lipinski definition) is 3. The Morgan fingerprint density at radius 3 is 3.05 bits per heavy atom. The number of nitrogens with one attached hydrogen (secondary N) is 1. The van der Waals surface area contributed by atoms with E-state index in [-0.39, 0.29) is 6.04 Å². The monoisotopic (exact) mass is 257 g/mol. The summed E-state index contributed by atoms with van der Waals surface area (Å²) in [5, 5.41) is 13.2. The number of benzene rings is 1. The number of phenols is 1. The summed E-state index contributed by atoms with van der Waals surface area (Å²) in [5.74, 6) is 1.32. The molecule has 0 amide bonds. The van der Waals surface area contributed by atoms with Crippen LogP contribution >= 0.6 is 0 Å². The maximum Gasteiger partial charge on any atom is 0.120 e. The Morgan fingerprint density at radius 1 is 1.37 bits per heavy atom. The van der Waals surface area contributed by atoms with E-state index in [0.717, 1.165) is 25.0 Å². The zero-order valence-corrected chi connectivity index (χ0v) is 11.1. The van der Waals surface area contributed by atoms with Crippen LogP contribution in [-0.4, -0.2) is 5.11 Å². The lowest BCUT2D eigenvalue weighted by Gasteiger charge is -2.28. The molecule has 1 aliphatic carbocycles. The van der Waals surface area contributed by atoms with Gasteiger partial charge in [0.05, 0.1) is 12.3 Å². The second-order valence-electron chi connectivity index (χ2n) is 5.23. The third-order valence-corrected chi connectivity index (χ3v) is 3.86. The summed E-state index contributed by atoms with van der Waals surface area (Å²) in [4.78, 5) is 0. The van der Waals surface area contributed by atoms with Crippen LogP contribution in [0, 0.1) is 0 Å². The summed E-state index contributed by atoms with van der Waals surface area (Å²) in [6.07, 6.45) is 5.04. The Kier molecular flexibility index (Phi) is 3.30. The van der Waals surface area contributed by atoms with Gasteiger partial charge in [-0.3, -0.25) is 0 Å². The highest BCUT2D eigenvalue weighted by Crippen LogP contribution is 2.33. The normalized spacial score (nSPS) is 19.9. The van der Waals surface area contributed by atoms with Gasteiger partial charge in [0.25, 0.3) is 0 Å². The van der Waals surface area contributed by atoms with Crippen LogP contribution in [0.25, 0.3) is 0 Å². The molecule has 3 rings (SSSR count). The predicted molar refractivity (Wildman–Crippen MR) is 74.0 cm³/mol. The van der Waals surface area contributed by atoms with E-state index in [1.807, 2.05) is 24.3 Å². The van der Waals surface area contributed by atoms with Crippen LogP contribution in [-0.2, 0) is 6.42 Å². The molecular weight excluding hydrogens is 238 g/mol. The highest BCUT2D eigenvalue weighted by atomic mass is 16.3. The Balaban J connectivity index is 1.80. The van der Waals surface area contributed by atoms with Crippen LogP contribution in [0.3, 0.4) is 0 Å². The largest absolute Gasteiger partial charge is 0.508 e. The van der Waals surface area contributed by atoms with Gasteiger partial charge in [0.15, 0.2) is 0 Å². The van der Waals surface area contributed by atoms with E-state index in [1.54, 1.807) is 12.3 Å². The van der Waals surface area contributed by atoms with Crippen molar-refractivity contribution in [1.29, 1.82) is 0 Å². The highest BCUT2D eigenvalue weighted by Gasteiger charge is 2.22. The fourth-order valence-electron chi connectivity index (χ4n) is 2.90. The van der Waals surface area contributed by atoms with Crippen molar-refractivity contribution in [3.05, 3.63) is 53.5 Å². The molecule has 0 bridgehead atoms. The van der Waals surface area contributed by atoms with E-state index in [4.69, 9.17) is 4.42 Å². The predicted octanol–water partition coefficient (Wildman–Crippen LogP) is 3.71. The summed E-state index contributed by atoms with van der Waals surface area (Å²) in [5.41, 5.74) is 2.57. The summed E-state index contributed by atoms with van der Waals surface area (Å²) in [6.45, 7) is 2.12. The quantitative estimate of drug-likeness (QED) is 0.881. The van der Waals surface area contributed by atoms with Gasteiger partial charge in [0, 0.05) is 6.04 Å². The highest BCUT2D eigenvalue weighted by molar-refractivity contribution is 5.38. The van der Waals surface area contributed by atoms with Gasteiger partial charge in [-0.15, -0.1) is 0 Å². The molecule has 100 valence electrons. The lowest BCUT2D eigenvalue weighted by molar-refractivity contribution is 0.366.